The lowest BCUT2D eigenvalue weighted by molar-refractivity contribution is 0.0954. The van der Waals surface area contributed by atoms with Crippen molar-refractivity contribution in [3.05, 3.63) is 35.4 Å². The van der Waals surface area contributed by atoms with Crippen LogP contribution in [0.25, 0.3) is 0 Å². The molecule has 1 aromatic rings. The van der Waals surface area contributed by atoms with Crippen molar-refractivity contribution in [1.29, 1.82) is 0 Å². The number of carbonyl (C=O) groups excluding carboxylic acids is 1. The van der Waals surface area contributed by atoms with Crippen molar-refractivity contribution in [2.45, 2.75) is 40.0 Å². The lowest BCUT2D eigenvalue weighted by Gasteiger charge is -2.03. The van der Waals surface area contributed by atoms with Crippen LogP contribution in [0.5, 0.6) is 0 Å². The first-order valence-electron chi connectivity index (χ1n) is 6.03. The number of carbonyl (C=O) groups is 1. The fourth-order valence-electron chi connectivity index (χ4n) is 1.43. The molecule has 0 heterocycles. The van der Waals surface area contributed by atoms with E-state index in [9.17, 15) is 4.79 Å². The maximum Gasteiger partial charge on any atom is 0.271 e. The van der Waals surface area contributed by atoms with Crippen molar-refractivity contribution < 1.29 is 4.79 Å². The minimum absolute atomic E-state index is 0.159. The molecule has 0 aromatic heterocycles. The maximum absolute atomic E-state index is 11.7. The molecule has 92 valence electrons. The summed E-state index contributed by atoms with van der Waals surface area (Å²) in [7, 11) is 0. The second-order valence-electron chi connectivity index (χ2n) is 4.30. The molecule has 3 nitrogen and oxygen atoms in total. The average Bonchev–Trinajstić information content (AvgIpc) is 2.34. The second-order valence-corrected chi connectivity index (χ2v) is 4.30. The maximum atomic E-state index is 11.7. The summed E-state index contributed by atoms with van der Waals surface area (Å²) in [4.78, 5) is 11.7. The Hall–Kier alpha value is -1.64. The van der Waals surface area contributed by atoms with Crippen LogP contribution in [0, 0.1) is 0 Å². The lowest BCUT2D eigenvalue weighted by atomic mass is 10.1. The van der Waals surface area contributed by atoms with Gasteiger partial charge < -0.3 is 0 Å². The van der Waals surface area contributed by atoms with E-state index < -0.39 is 0 Å². The Morgan fingerprint density at radius 3 is 2.41 bits per heavy atom. The molecule has 0 radical (unpaired) electrons. The van der Waals surface area contributed by atoms with E-state index in [-0.39, 0.29) is 5.91 Å². The largest absolute Gasteiger partial charge is 0.271 e. The minimum Gasteiger partial charge on any atom is -0.267 e. The van der Waals surface area contributed by atoms with Gasteiger partial charge in [-0.3, -0.25) is 4.79 Å². The summed E-state index contributed by atoms with van der Waals surface area (Å²) in [6.45, 7) is 5.86. The van der Waals surface area contributed by atoms with Crippen molar-refractivity contribution in [3.63, 3.8) is 0 Å². The fraction of sp³-hybridized carbons (Fsp3) is 0.429. The number of aryl methyl sites for hydroxylation is 1. The molecule has 0 aliphatic heterocycles. The summed E-state index contributed by atoms with van der Waals surface area (Å²) in [5, 5.41) is 3.89. The molecule has 1 rings (SSSR count). The van der Waals surface area contributed by atoms with Crippen molar-refractivity contribution >= 4 is 11.6 Å². The Morgan fingerprint density at radius 2 is 1.88 bits per heavy atom. The van der Waals surface area contributed by atoms with Gasteiger partial charge in [-0.05, 0) is 44.4 Å². The number of amides is 1. The average molecular weight is 232 g/mol. The van der Waals surface area contributed by atoms with Crippen molar-refractivity contribution in [2.24, 2.45) is 5.10 Å². The number of benzene rings is 1. The monoisotopic (exact) mass is 232 g/mol. The molecular formula is C14H20N2O. The van der Waals surface area contributed by atoms with Crippen molar-refractivity contribution in [1.82, 2.24) is 5.43 Å². The van der Waals surface area contributed by atoms with Crippen LogP contribution in [-0.4, -0.2) is 11.6 Å². The van der Waals surface area contributed by atoms with Gasteiger partial charge in [0.05, 0.1) is 0 Å². The first-order valence-corrected chi connectivity index (χ1v) is 6.03. The predicted octanol–water partition coefficient (Wildman–Crippen LogP) is 3.15. The van der Waals surface area contributed by atoms with Crippen LogP contribution in [-0.2, 0) is 6.42 Å². The van der Waals surface area contributed by atoms with E-state index in [2.05, 4.69) is 17.5 Å². The second kappa shape index (κ2) is 6.84. The summed E-state index contributed by atoms with van der Waals surface area (Å²) < 4.78 is 0. The van der Waals surface area contributed by atoms with Gasteiger partial charge in [0, 0.05) is 11.3 Å². The number of hydrogen-bond acceptors (Lipinski definition) is 2. The highest BCUT2D eigenvalue weighted by Gasteiger charge is 2.03. The molecule has 0 atom stereocenters. The summed E-state index contributed by atoms with van der Waals surface area (Å²) in [5.41, 5.74) is 5.27. The van der Waals surface area contributed by atoms with Crippen LogP contribution in [0.4, 0.5) is 0 Å². The number of nitrogens with one attached hydrogen (secondary N) is 1. The molecule has 0 unspecified atom stereocenters. The van der Waals surface area contributed by atoms with Crippen LogP contribution in [0.1, 0.15) is 49.5 Å². The third kappa shape index (κ3) is 4.81. The van der Waals surface area contributed by atoms with Crippen molar-refractivity contribution in [2.75, 3.05) is 0 Å². The van der Waals surface area contributed by atoms with E-state index >= 15 is 0 Å². The van der Waals surface area contributed by atoms with Crippen LogP contribution >= 0.6 is 0 Å². The van der Waals surface area contributed by atoms with Gasteiger partial charge in [0.25, 0.3) is 5.91 Å². The molecular weight excluding hydrogens is 212 g/mol. The predicted molar refractivity (Wildman–Crippen MR) is 71.3 cm³/mol. The molecule has 3 heteroatoms. The lowest BCUT2D eigenvalue weighted by Crippen LogP contribution is -2.18. The molecule has 0 spiro atoms. The Labute approximate surface area is 103 Å². The zero-order chi connectivity index (χ0) is 12.7. The van der Waals surface area contributed by atoms with Crippen LogP contribution in [0.3, 0.4) is 0 Å². The third-order valence-corrected chi connectivity index (χ3v) is 2.42. The molecule has 0 saturated heterocycles. The quantitative estimate of drug-likeness (QED) is 0.615. The molecule has 17 heavy (non-hydrogen) atoms. The standard InChI is InChI=1S/C14H20N2O/c1-4-5-6-12-7-9-13(10-8-12)14(17)16-15-11(2)3/h7-10H,4-6H2,1-3H3,(H,16,17). The molecule has 1 aromatic carbocycles. The first-order chi connectivity index (χ1) is 8.13. The minimum atomic E-state index is -0.159. The summed E-state index contributed by atoms with van der Waals surface area (Å²) >= 11 is 0. The Balaban J connectivity index is 2.60. The Bertz CT molecular complexity index is 389. The summed E-state index contributed by atoms with van der Waals surface area (Å²) in [6, 6.07) is 7.71. The summed E-state index contributed by atoms with van der Waals surface area (Å²) in [6.07, 6.45) is 3.45. The molecule has 0 aliphatic carbocycles. The van der Waals surface area contributed by atoms with Gasteiger partial charge in [0.1, 0.15) is 0 Å². The van der Waals surface area contributed by atoms with Gasteiger partial charge >= 0.3 is 0 Å². The van der Waals surface area contributed by atoms with Gasteiger partial charge in [0.2, 0.25) is 0 Å². The van der Waals surface area contributed by atoms with Gasteiger partial charge in [-0.25, -0.2) is 5.43 Å². The Morgan fingerprint density at radius 1 is 1.24 bits per heavy atom. The third-order valence-electron chi connectivity index (χ3n) is 2.42. The van der Waals surface area contributed by atoms with E-state index in [0.717, 1.165) is 12.1 Å². The van der Waals surface area contributed by atoms with Gasteiger partial charge in [-0.1, -0.05) is 25.5 Å². The zero-order valence-corrected chi connectivity index (χ0v) is 10.8. The topological polar surface area (TPSA) is 41.5 Å². The molecule has 0 fully saturated rings. The van der Waals surface area contributed by atoms with E-state index in [1.807, 2.05) is 38.1 Å². The highest BCUT2D eigenvalue weighted by atomic mass is 16.2. The molecule has 0 bridgehead atoms. The van der Waals surface area contributed by atoms with Crippen LogP contribution in [0.2, 0.25) is 0 Å². The molecule has 1 N–H and O–H groups in total. The van der Waals surface area contributed by atoms with Crippen LogP contribution < -0.4 is 5.43 Å². The van der Waals surface area contributed by atoms with Gasteiger partial charge in [-0.15, -0.1) is 0 Å². The van der Waals surface area contributed by atoms with E-state index in [0.29, 0.717) is 5.56 Å². The van der Waals surface area contributed by atoms with E-state index in [4.69, 9.17) is 0 Å². The highest BCUT2D eigenvalue weighted by molar-refractivity contribution is 5.95. The zero-order valence-electron chi connectivity index (χ0n) is 10.8. The van der Waals surface area contributed by atoms with Crippen molar-refractivity contribution in [3.8, 4) is 0 Å². The number of unbranched alkanes of at least 4 members (excludes halogenated alkanes) is 1. The number of hydrazone groups is 1. The van der Waals surface area contributed by atoms with E-state index in [1.54, 1.807) is 0 Å². The fourth-order valence-corrected chi connectivity index (χ4v) is 1.43. The molecule has 1 amide bonds. The van der Waals surface area contributed by atoms with E-state index in [1.165, 1.54) is 18.4 Å². The van der Waals surface area contributed by atoms with Gasteiger partial charge in [-0.2, -0.15) is 5.10 Å². The number of rotatable bonds is 5. The van der Waals surface area contributed by atoms with Gasteiger partial charge in [0.15, 0.2) is 0 Å². The van der Waals surface area contributed by atoms with Crippen LogP contribution in [0.15, 0.2) is 29.4 Å². The normalized spacial score (nSPS) is 9.82. The SMILES string of the molecule is CCCCc1ccc(C(=O)NN=C(C)C)cc1. The molecule has 0 saturated carbocycles. The Kier molecular flexibility index (Phi) is 5.40. The number of nitrogens with zero attached hydrogens (tertiary/aromatic N) is 1. The smallest absolute Gasteiger partial charge is 0.267 e. The highest BCUT2D eigenvalue weighted by Crippen LogP contribution is 2.07. The molecule has 0 aliphatic rings. The first kappa shape index (κ1) is 13.4. The summed E-state index contributed by atoms with van der Waals surface area (Å²) in [5.74, 6) is -0.159. The number of hydrogen-bond donors (Lipinski definition) is 1.